The van der Waals surface area contributed by atoms with Crippen LogP contribution < -0.4 is 5.56 Å². The van der Waals surface area contributed by atoms with Gasteiger partial charge in [-0.25, -0.2) is 4.98 Å². The monoisotopic (exact) mass is 354 g/mol. The smallest absolute Gasteiger partial charge is 0.272 e. The van der Waals surface area contributed by atoms with Crippen molar-refractivity contribution in [1.82, 2.24) is 29.4 Å². The quantitative estimate of drug-likeness (QED) is 0.524. The van der Waals surface area contributed by atoms with Crippen molar-refractivity contribution in [1.29, 1.82) is 0 Å². The molecule has 0 atom stereocenters. The highest BCUT2D eigenvalue weighted by molar-refractivity contribution is 6.28. The van der Waals surface area contributed by atoms with E-state index in [4.69, 9.17) is 11.6 Å². The lowest BCUT2D eigenvalue weighted by atomic mass is 9.95. The van der Waals surface area contributed by atoms with E-state index in [9.17, 15) is 4.79 Å². The molecule has 126 valence electrons. The molecule has 0 unspecified atom stereocenters. The zero-order valence-corrected chi connectivity index (χ0v) is 14.1. The molecule has 0 amide bonds. The topological polar surface area (TPSA) is 78.0 Å². The van der Waals surface area contributed by atoms with Crippen molar-refractivity contribution in [2.75, 3.05) is 0 Å². The number of halogens is 1. The molecule has 0 saturated heterocycles. The summed E-state index contributed by atoms with van der Waals surface area (Å²) >= 11 is 5.95. The van der Waals surface area contributed by atoms with Crippen LogP contribution in [-0.4, -0.2) is 29.4 Å². The van der Waals surface area contributed by atoms with Crippen LogP contribution in [0.5, 0.6) is 0 Å². The van der Waals surface area contributed by atoms with Gasteiger partial charge in [-0.15, -0.1) is 15.3 Å². The van der Waals surface area contributed by atoms with E-state index in [1.807, 2.05) is 28.8 Å². The molecule has 1 aliphatic rings. The van der Waals surface area contributed by atoms with Gasteiger partial charge >= 0.3 is 0 Å². The van der Waals surface area contributed by atoms with Gasteiger partial charge in [0, 0.05) is 16.8 Å². The van der Waals surface area contributed by atoms with Crippen molar-refractivity contribution >= 4 is 39.3 Å². The molecule has 1 saturated carbocycles. The number of rotatable bonds is 1. The summed E-state index contributed by atoms with van der Waals surface area (Å²) in [5.74, 6) is 0.347. The van der Waals surface area contributed by atoms with E-state index in [-0.39, 0.29) is 16.9 Å². The summed E-state index contributed by atoms with van der Waals surface area (Å²) in [7, 11) is 0. The van der Waals surface area contributed by atoms with E-state index in [1.54, 1.807) is 4.52 Å². The zero-order valence-electron chi connectivity index (χ0n) is 13.4. The van der Waals surface area contributed by atoms with Crippen LogP contribution in [0.1, 0.15) is 38.1 Å². The van der Waals surface area contributed by atoms with Gasteiger partial charge < -0.3 is 0 Å². The first-order chi connectivity index (χ1) is 12.2. The average Bonchev–Trinajstić information content (AvgIpc) is 3.02. The van der Waals surface area contributed by atoms with Crippen LogP contribution in [0, 0.1) is 0 Å². The first-order valence-electron chi connectivity index (χ1n) is 8.46. The molecule has 3 heterocycles. The van der Waals surface area contributed by atoms with Crippen molar-refractivity contribution in [3.8, 4) is 0 Å². The Bertz CT molecular complexity index is 1170. The van der Waals surface area contributed by atoms with Gasteiger partial charge in [-0.05, 0) is 30.5 Å². The largest absolute Gasteiger partial charge is 0.288 e. The molecule has 3 aromatic heterocycles. The molecule has 5 rings (SSSR count). The van der Waals surface area contributed by atoms with Crippen LogP contribution in [0.15, 0.2) is 29.1 Å². The number of nitrogens with zero attached hydrogens (tertiary/aromatic N) is 6. The molecule has 0 N–H and O–H groups in total. The molecule has 1 fully saturated rings. The molecule has 1 aromatic carbocycles. The van der Waals surface area contributed by atoms with Gasteiger partial charge in [0.15, 0.2) is 5.65 Å². The van der Waals surface area contributed by atoms with Crippen LogP contribution in [0.3, 0.4) is 0 Å². The van der Waals surface area contributed by atoms with Crippen molar-refractivity contribution in [3.63, 3.8) is 0 Å². The third-order valence-electron chi connectivity index (χ3n) is 5.02. The molecule has 0 aliphatic heterocycles. The maximum Gasteiger partial charge on any atom is 0.272 e. The second-order valence-electron chi connectivity index (χ2n) is 6.48. The Hall–Kier alpha value is -2.54. The number of fused-ring (bicyclic) bond motifs is 5. The van der Waals surface area contributed by atoms with E-state index in [0.717, 1.165) is 31.1 Å². The zero-order chi connectivity index (χ0) is 17.0. The van der Waals surface area contributed by atoms with Gasteiger partial charge in [-0.2, -0.15) is 4.52 Å². The third kappa shape index (κ3) is 2.15. The molecule has 0 spiro atoms. The van der Waals surface area contributed by atoms with Crippen LogP contribution in [0.25, 0.3) is 27.7 Å². The first kappa shape index (κ1) is 14.8. The Balaban J connectivity index is 2.00. The van der Waals surface area contributed by atoms with E-state index in [0.29, 0.717) is 22.3 Å². The number of pyridine rings is 1. The highest BCUT2D eigenvalue weighted by Crippen LogP contribution is 2.31. The summed E-state index contributed by atoms with van der Waals surface area (Å²) in [4.78, 5) is 17.9. The third-order valence-corrected chi connectivity index (χ3v) is 5.17. The van der Waals surface area contributed by atoms with E-state index in [2.05, 4.69) is 20.3 Å². The van der Waals surface area contributed by atoms with Crippen LogP contribution in [0.4, 0.5) is 0 Å². The van der Waals surface area contributed by atoms with E-state index < -0.39 is 0 Å². The minimum Gasteiger partial charge on any atom is -0.288 e. The number of imidazole rings is 1. The minimum absolute atomic E-state index is 0.00784. The predicted molar refractivity (Wildman–Crippen MR) is 95.0 cm³/mol. The summed E-state index contributed by atoms with van der Waals surface area (Å²) in [6.07, 6.45) is 5.41. The summed E-state index contributed by atoms with van der Waals surface area (Å²) < 4.78 is 3.40. The number of hydrogen-bond acceptors (Lipinski definition) is 5. The normalized spacial score (nSPS) is 16.2. The molecule has 0 bridgehead atoms. The fourth-order valence-corrected chi connectivity index (χ4v) is 4.03. The average molecular weight is 355 g/mol. The van der Waals surface area contributed by atoms with E-state index >= 15 is 0 Å². The summed E-state index contributed by atoms with van der Waals surface area (Å²) in [5, 5.41) is 13.6. The van der Waals surface area contributed by atoms with Gasteiger partial charge in [0.05, 0.1) is 0 Å². The molecule has 8 heteroatoms. The second kappa shape index (κ2) is 5.49. The maximum atomic E-state index is 13.3. The van der Waals surface area contributed by atoms with Gasteiger partial charge in [0.25, 0.3) is 16.6 Å². The molecular weight excluding hydrogens is 340 g/mol. The molecular formula is C17H15ClN6O. The number of benzene rings is 1. The standard InChI is InChI=1S/C17H15ClN6O/c18-16-20-21-17-19-13-11-8-4-5-9-12(11)15(25)23(14(13)24(17)22-16)10-6-2-1-3-7-10/h4-5,8-10H,1-3,6-7H2. The van der Waals surface area contributed by atoms with Crippen LogP contribution in [0.2, 0.25) is 5.28 Å². The number of hydrogen-bond donors (Lipinski definition) is 0. The lowest BCUT2D eigenvalue weighted by Crippen LogP contribution is -2.28. The minimum atomic E-state index is -0.00784. The lowest BCUT2D eigenvalue weighted by molar-refractivity contribution is 0.353. The highest BCUT2D eigenvalue weighted by atomic mass is 35.5. The van der Waals surface area contributed by atoms with Crippen LogP contribution >= 0.6 is 11.6 Å². The lowest BCUT2D eigenvalue weighted by Gasteiger charge is -2.25. The Morgan fingerprint density at radius 2 is 1.80 bits per heavy atom. The molecule has 0 radical (unpaired) electrons. The second-order valence-corrected chi connectivity index (χ2v) is 6.82. The fraction of sp³-hybridized carbons (Fsp3) is 0.353. The Morgan fingerprint density at radius 3 is 2.60 bits per heavy atom. The van der Waals surface area contributed by atoms with Gasteiger partial charge in [-0.3, -0.25) is 9.36 Å². The van der Waals surface area contributed by atoms with Crippen molar-refractivity contribution in [3.05, 3.63) is 39.9 Å². The molecule has 25 heavy (non-hydrogen) atoms. The van der Waals surface area contributed by atoms with E-state index in [1.165, 1.54) is 6.42 Å². The van der Waals surface area contributed by atoms with Crippen molar-refractivity contribution < 1.29 is 0 Å². The summed E-state index contributed by atoms with van der Waals surface area (Å²) in [5.41, 5.74) is 1.36. The molecule has 1 aliphatic carbocycles. The molecule has 7 nitrogen and oxygen atoms in total. The Labute approximate surface area is 147 Å². The first-order valence-corrected chi connectivity index (χ1v) is 8.84. The van der Waals surface area contributed by atoms with Crippen LogP contribution in [-0.2, 0) is 0 Å². The number of aromatic nitrogens is 6. The van der Waals surface area contributed by atoms with Gasteiger partial charge in [-0.1, -0.05) is 37.5 Å². The van der Waals surface area contributed by atoms with Crippen molar-refractivity contribution in [2.24, 2.45) is 0 Å². The Kier molecular flexibility index (Phi) is 3.24. The SMILES string of the molecule is O=c1c2ccccc2c2nc3nnc(Cl)nn3c2n1C1CCCCC1. The highest BCUT2D eigenvalue weighted by Gasteiger charge is 2.24. The molecule has 4 aromatic rings. The Morgan fingerprint density at radius 1 is 1.04 bits per heavy atom. The van der Waals surface area contributed by atoms with Crippen molar-refractivity contribution in [2.45, 2.75) is 38.1 Å². The van der Waals surface area contributed by atoms with Gasteiger partial charge in [0.1, 0.15) is 5.52 Å². The predicted octanol–water partition coefficient (Wildman–Crippen LogP) is 3.15. The maximum absolute atomic E-state index is 13.3. The fourth-order valence-electron chi connectivity index (χ4n) is 3.91. The summed E-state index contributed by atoms with van der Waals surface area (Å²) in [6.45, 7) is 0. The summed E-state index contributed by atoms with van der Waals surface area (Å²) in [6, 6.07) is 7.69. The van der Waals surface area contributed by atoms with Gasteiger partial charge in [0.2, 0.25) is 0 Å².